The van der Waals surface area contributed by atoms with Gasteiger partial charge in [0.25, 0.3) is 5.56 Å². The Morgan fingerprint density at radius 2 is 2.08 bits per heavy atom. The minimum atomic E-state index is 0.0490. The average Bonchev–Trinajstić information content (AvgIpc) is 3.16. The molecule has 2 heterocycles. The number of ether oxygens (including phenoxy) is 1. The normalized spacial score (nSPS) is 13.4. The molecule has 0 amide bonds. The number of hydrogen-bond acceptors (Lipinski definition) is 5. The predicted octanol–water partition coefficient (Wildman–Crippen LogP) is 4.06. The number of benzene rings is 1. The van der Waals surface area contributed by atoms with E-state index in [1.54, 1.807) is 15.9 Å². The molecule has 6 heteroatoms. The smallest absolute Gasteiger partial charge is 0.267 e. The largest absolute Gasteiger partial charge is 0.494 e. The Kier molecular flexibility index (Phi) is 4.10. The molecule has 2 aromatic heterocycles. The van der Waals surface area contributed by atoms with Crippen molar-refractivity contribution in [2.24, 2.45) is 0 Å². The Balaban J connectivity index is 1.93. The summed E-state index contributed by atoms with van der Waals surface area (Å²) in [6, 6.07) is 7.65. The number of thiophene rings is 1. The van der Waals surface area contributed by atoms with Crippen LogP contribution in [0.15, 0.2) is 34.2 Å². The summed E-state index contributed by atoms with van der Waals surface area (Å²) in [5, 5.41) is 1.55. The first-order valence-corrected chi connectivity index (χ1v) is 10.1. The zero-order valence-electron chi connectivity index (χ0n) is 13.7. The lowest BCUT2D eigenvalue weighted by Crippen LogP contribution is -2.21. The quantitative estimate of drug-likeness (QED) is 0.521. The lowest BCUT2D eigenvalue weighted by molar-refractivity contribution is 0.340. The number of fused-ring (bicyclic) bond motifs is 3. The fourth-order valence-corrected chi connectivity index (χ4v) is 5.11. The van der Waals surface area contributed by atoms with Gasteiger partial charge in [-0.2, -0.15) is 0 Å². The molecular weight excluding hydrogens is 340 g/mol. The molecule has 124 valence electrons. The highest BCUT2D eigenvalue weighted by molar-refractivity contribution is 7.98. The van der Waals surface area contributed by atoms with Crippen LogP contribution in [0.4, 0.5) is 0 Å². The fourth-order valence-electron chi connectivity index (χ4n) is 3.25. The van der Waals surface area contributed by atoms with Crippen LogP contribution in [0.25, 0.3) is 15.9 Å². The molecule has 24 heavy (non-hydrogen) atoms. The molecule has 1 aliphatic carbocycles. The minimum Gasteiger partial charge on any atom is -0.494 e. The first kappa shape index (κ1) is 15.7. The number of hydrogen-bond donors (Lipinski definition) is 0. The summed E-state index contributed by atoms with van der Waals surface area (Å²) >= 11 is 3.19. The van der Waals surface area contributed by atoms with Gasteiger partial charge in [-0.05, 0) is 62.3 Å². The van der Waals surface area contributed by atoms with Crippen LogP contribution in [0.3, 0.4) is 0 Å². The fraction of sp³-hybridized carbons (Fsp3) is 0.333. The standard InChI is InChI=1S/C18H18N2O2S2/c1-3-22-12-9-7-11(8-10-12)20-17(21)15-13-5-4-6-14(13)24-16(15)19-18(20)23-2/h7-10H,3-6H2,1-2H3. The van der Waals surface area contributed by atoms with Crippen molar-refractivity contribution in [1.29, 1.82) is 0 Å². The van der Waals surface area contributed by atoms with Crippen LogP contribution < -0.4 is 10.3 Å². The van der Waals surface area contributed by atoms with Gasteiger partial charge in [0.05, 0.1) is 17.7 Å². The van der Waals surface area contributed by atoms with E-state index in [9.17, 15) is 4.79 Å². The zero-order valence-corrected chi connectivity index (χ0v) is 15.3. The molecule has 4 rings (SSSR count). The second kappa shape index (κ2) is 6.26. The van der Waals surface area contributed by atoms with Gasteiger partial charge in [0.15, 0.2) is 5.16 Å². The molecule has 0 spiro atoms. The highest BCUT2D eigenvalue weighted by atomic mass is 32.2. The van der Waals surface area contributed by atoms with Crippen molar-refractivity contribution in [3.63, 3.8) is 0 Å². The highest BCUT2D eigenvalue weighted by Gasteiger charge is 2.23. The third kappa shape index (κ3) is 2.45. The summed E-state index contributed by atoms with van der Waals surface area (Å²) in [7, 11) is 0. The van der Waals surface area contributed by atoms with Gasteiger partial charge in [-0.3, -0.25) is 9.36 Å². The van der Waals surface area contributed by atoms with Crippen molar-refractivity contribution in [3.05, 3.63) is 45.1 Å². The van der Waals surface area contributed by atoms with E-state index in [1.165, 1.54) is 22.2 Å². The Morgan fingerprint density at radius 1 is 1.29 bits per heavy atom. The molecule has 0 atom stereocenters. The van der Waals surface area contributed by atoms with Crippen molar-refractivity contribution in [3.8, 4) is 11.4 Å². The predicted molar refractivity (Wildman–Crippen MR) is 100 cm³/mol. The Hall–Kier alpha value is -1.79. The maximum atomic E-state index is 13.2. The van der Waals surface area contributed by atoms with E-state index in [0.29, 0.717) is 6.61 Å². The molecule has 0 aliphatic heterocycles. The molecule has 4 nitrogen and oxygen atoms in total. The summed E-state index contributed by atoms with van der Waals surface area (Å²) in [5.74, 6) is 0.811. The van der Waals surface area contributed by atoms with Gasteiger partial charge >= 0.3 is 0 Å². The maximum absolute atomic E-state index is 13.2. The average molecular weight is 358 g/mol. The maximum Gasteiger partial charge on any atom is 0.267 e. The third-order valence-corrected chi connectivity index (χ3v) is 6.12. The Bertz CT molecular complexity index is 958. The van der Waals surface area contributed by atoms with E-state index in [1.807, 2.05) is 37.4 Å². The number of aromatic nitrogens is 2. The molecular formula is C18H18N2O2S2. The molecule has 1 aromatic carbocycles. The van der Waals surface area contributed by atoms with Gasteiger partial charge in [0, 0.05) is 4.88 Å². The Labute approximate surface area is 148 Å². The summed E-state index contributed by atoms with van der Waals surface area (Å²) in [6.07, 6.45) is 5.17. The monoisotopic (exact) mass is 358 g/mol. The Morgan fingerprint density at radius 3 is 2.79 bits per heavy atom. The van der Waals surface area contributed by atoms with Crippen LogP contribution in [0, 0.1) is 0 Å². The van der Waals surface area contributed by atoms with Crippen LogP contribution in [0.2, 0.25) is 0 Å². The highest BCUT2D eigenvalue weighted by Crippen LogP contribution is 2.35. The summed E-state index contributed by atoms with van der Waals surface area (Å²) < 4.78 is 7.23. The van der Waals surface area contributed by atoms with Gasteiger partial charge in [0.2, 0.25) is 0 Å². The second-order valence-corrected chi connectivity index (χ2v) is 7.56. The van der Waals surface area contributed by atoms with Gasteiger partial charge in [-0.25, -0.2) is 4.98 Å². The summed E-state index contributed by atoms with van der Waals surface area (Å²) in [4.78, 5) is 20.2. The van der Waals surface area contributed by atoms with Crippen molar-refractivity contribution >= 4 is 33.3 Å². The van der Waals surface area contributed by atoms with E-state index >= 15 is 0 Å². The molecule has 0 unspecified atom stereocenters. The van der Waals surface area contributed by atoms with Gasteiger partial charge in [-0.15, -0.1) is 11.3 Å². The molecule has 0 radical (unpaired) electrons. The van der Waals surface area contributed by atoms with Crippen LogP contribution in [0.5, 0.6) is 5.75 Å². The van der Waals surface area contributed by atoms with E-state index in [-0.39, 0.29) is 5.56 Å². The second-order valence-electron chi connectivity index (χ2n) is 5.70. The van der Waals surface area contributed by atoms with E-state index in [0.717, 1.165) is 46.1 Å². The zero-order chi connectivity index (χ0) is 16.7. The van der Waals surface area contributed by atoms with Crippen LogP contribution in [-0.2, 0) is 12.8 Å². The number of rotatable bonds is 4. The van der Waals surface area contributed by atoms with Crippen molar-refractivity contribution < 1.29 is 4.74 Å². The molecule has 0 bridgehead atoms. The first-order valence-electron chi connectivity index (χ1n) is 8.07. The van der Waals surface area contributed by atoms with Gasteiger partial charge < -0.3 is 4.74 Å². The van der Waals surface area contributed by atoms with Gasteiger partial charge in [-0.1, -0.05) is 11.8 Å². The van der Waals surface area contributed by atoms with Crippen LogP contribution in [0.1, 0.15) is 23.8 Å². The lowest BCUT2D eigenvalue weighted by atomic mass is 10.2. The molecule has 0 saturated heterocycles. The molecule has 0 saturated carbocycles. The number of aryl methyl sites for hydroxylation is 2. The summed E-state index contributed by atoms with van der Waals surface area (Å²) in [6.45, 7) is 2.59. The van der Waals surface area contributed by atoms with Crippen LogP contribution in [-0.4, -0.2) is 22.4 Å². The molecule has 1 aliphatic rings. The van der Waals surface area contributed by atoms with Crippen molar-refractivity contribution in [2.45, 2.75) is 31.3 Å². The number of nitrogens with zero attached hydrogens (tertiary/aromatic N) is 2. The first-order chi connectivity index (χ1) is 11.7. The third-order valence-electron chi connectivity index (χ3n) is 4.30. The van der Waals surface area contributed by atoms with Crippen molar-refractivity contribution in [2.75, 3.05) is 12.9 Å². The van der Waals surface area contributed by atoms with Gasteiger partial charge in [0.1, 0.15) is 10.6 Å². The van der Waals surface area contributed by atoms with E-state index in [4.69, 9.17) is 9.72 Å². The molecule has 3 aromatic rings. The molecule has 0 fully saturated rings. The number of thioether (sulfide) groups is 1. The lowest BCUT2D eigenvalue weighted by Gasteiger charge is -2.12. The molecule has 0 N–H and O–H groups in total. The topological polar surface area (TPSA) is 44.1 Å². The van der Waals surface area contributed by atoms with Crippen LogP contribution >= 0.6 is 23.1 Å². The minimum absolute atomic E-state index is 0.0490. The van der Waals surface area contributed by atoms with E-state index < -0.39 is 0 Å². The SMILES string of the molecule is CCOc1ccc(-n2c(SC)nc3sc4c(c3c2=O)CCC4)cc1. The van der Waals surface area contributed by atoms with Crippen molar-refractivity contribution in [1.82, 2.24) is 9.55 Å². The van der Waals surface area contributed by atoms with E-state index in [2.05, 4.69) is 0 Å². The summed E-state index contributed by atoms with van der Waals surface area (Å²) in [5.41, 5.74) is 2.10.